The summed E-state index contributed by atoms with van der Waals surface area (Å²) in [7, 11) is 0. The van der Waals surface area contributed by atoms with Crippen molar-refractivity contribution in [2.45, 2.75) is 78.0 Å². The molecule has 0 spiro atoms. The van der Waals surface area contributed by atoms with Crippen LogP contribution in [0.3, 0.4) is 0 Å². The van der Waals surface area contributed by atoms with Crippen LogP contribution in [0, 0.1) is 13.8 Å². The Morgan fingerprint density at radius 2 is 1.62 bits per heavy atom. The van der Waals surface area contributed by atoms with Gasteiger partial charge in [0.25, 0.3) is 0 Å². The standard InChI is InChI=1S/C19H29ClO/c1-4-5-6-7-8-9-10-11-18(21)19-16(3)15(2)12-13-17(19)14-20/h12-13H,4-11,14H2,1-3H3. The molecule has 0 aliphatic carbocycles. The highest BCUT2D eigenvalue weighted by Gasteiger charge is 2.14. The van der Waals surface area contributed by atoms with Crippen LogP contribution in [0.4, 0.5) is 0 Å². The molecule has 0 aromatic heterocycles. The maximum absolute atomic E-state index is 12.5. The molecule has 1 nitrogen and oxygen atoms in total. The van der Waals surface area contributed by atoms with Gasteiger partial charge in [-0.2, -0.15) is 0 Å². The van der Waals surface area contributed by atoms with E-state index in [0.717, 1.165) is 29.5 Å². The second-order valence-electron chi connectivity index (χ2n) is 5.97. The van der Waals surface area contributed by atoms with Gasteiger partial charge < -0.3 is 0 Å². The Morgan fingerprint density at radius 1 is 1.00 bits per heavy atom. The number of carbonyl (C=O) groups excluding carboxylic acids is 1. The van der Waals surface area contributed by atoms with Gasteiger partial charge in [-0.15, -0.1) is 11.6 Å². The molecule has 0 saturated carbocycles. The number of aryl methyl sites for hydroxylation is 1. The molecule has 1 aromatic rings. The highest BCUT2D eigenvalue weighted by molar-refractivity contribution is 6.18. The molecular formula is C19H29ClO. The third-order valence-corrected chi connectivity index (χ3v) is 4.54. The lowest BCUT2D eigenvalue weighted by atomic mass is 9.93. The van der Waals surface area contributed by atoms with E-state index in [2.05, 4.69) is 19.9 Å². The number of alkyl halides is 1. The van der Waals surface area contributed by atoms with Crippen molar-refractivity contribution in [3.8, 4) is 0 Å². The Balaban J connectivity index is 2.47. The molecule has 0 saturated heterocycles. The maximum Gasteiger partial charge on any atom is 0.163 e. The van der Waals surface area contributed by atoms with E-state index in [4.69, 9.17) is 11.6 Å². The van der Waals surface area contributed by atoms with Crippen LogP contribution in [0.15, 0.2) is 12.1 Å². The molecule has 2 heteroatoms. The molecule has 0 bridgehead atoms. The van der Waals surface area contributed by atoms with E-state index in [1.165, 1.54) is 37.7 Å². The van der Waals surface area contributed by atoms with E-state index in [0.29, 0.717) is 12.3 Å². The highest BCUT2D eigenvalue weighted by atomic mass is 35.5. The molecule has 0 radical (unpaired) electrons. The molecule has 1 aromatic carbocycles. The Labute approximate surface area is 135 Å². The van der Waals surface area contributed by atoms with Crippen LogP contribution < -0.4 is 0 Å². The van der Waals surface area contributed by atoms with Crippen molar-refractivity contribution in [2.24, 2.45) is 0 Å². The number of Topliss-reactive ketones (excluding diaryl/α,β-unsaturated/α-hetero) is 1. The molecule has 0 heterocycles. The van der Waals surface area contributed by atoms with E-state index < -0.39 is 0 Å². The van der Waals surface area contributed by atoms with Gasteiger partial charge in [0.05, 0.1) is 0 Å². The summed E-state index contributed by atoms with van der Waals surface area (Å²) in [4.78, 5) is 12.5. The molecule has 0 N–H and O–H groups in total. The first-order valence-corrected chi connectivity index (χ1v) is 8.83. The summed E-state index contributed by atoms with van der Waals surface area (Å²) in [6.07, 6.45) is 9.32. The van der Waals surface area contributed by atoms with Crippen molar-refractivity contribution in [1.29, 1.82) is 0 Å². The third kappa shape index (κ3) is 5.82. The van der Waals surface area contributed by atoms with Gasteiger partial charge in [-0.3, -0.25) is 4.79 Å². The summed E-state index contributed by atoms with van der Waals surface area (Å²) >= 11 is 5.98. The van der Waals surface area contributed by atoms with Crippen molar-refractivity contribution in [2.75, 3.05) is 0 Å². The lowest BCUT2D eigenvalue weighted by Gasteiger charge is -2.12. The molecule has 0 atom stereocenters. The Morgan fingerprint density at radius 3 is 2.24 bits per heavy atom. The second kappa shape index (κ2) is 10.00. The van der Waals surface area contributed by atoms with Gasteiger partial charge in [0, 0.05) is 17.9 Å². The van der Waals surface area contributed by atoms with Gasteiger partial charge >= 0.3 is 0 Å². The van der Waals surface area contributed by atoms with E-state index in [1.54, 1.807) is 0 Å². The van der Waals surface area contributed by atoms with Crippen molar-refractivity contribution in [1.82, 2.24) is 0 Å². The summed E-state index contributed by atoms with van der Waals surface area (Å²) in [5.74, 6) is 0.680. The molecule has 0 amide bonds. The molecule has 21 heavy (non-hydrogen) atoms. The largest absolute Gasteiger partial charge is 0.294 e. The number of halogens is 1. The lowest BCUT2D eigenvalue weighted by Crippen LogP contribution is -2.07. The van der Waals surface area contributed by atoms with Gasteiger partial charge in [0.1, 0.15) is 0 Å². The molecule has 0 aliphatic heterocycles. The normalized spacial score (nSPS) is 10.9. The molecule has 1 rings (SSSR count). The minimum absolute atomic E-state index is 0.264. The summed E-state index contributed by atoms with van der Waals surface area (Å²) in [6, 6.07) is 4.05. The number of carbonyl (C=O) groups is 1. The van der Waals surface area contributed by atoms with Crippen LogP contribution in [-0.2, 0) is 5.88 Å². The summed E-state index contributed by atoms with van der Waals surface area (Å²) in [6.45, 7) is 6.32. The number of ketones is 1. The van der Waals surface area contributed by atoms with Crippen molar-refractivity contribution in [3.63, 3.8) is 0 Å². The van der Waals surface area contributed by atoms with Crippen molar-refractivity contribution < 1.29 is 4.79 Å². The summed E-state index contributed by atoms with van der Waals surface area (Å²) in [5, 5.41) is 0. The number of hydrogen-bond donors (Lipinski definition) is 0. The van der Waals surface area contributed by atoms with Crippen LogP contribution in [0.1, 0.15) is 85.3 Å². The molecule has 118 valence electrons. The third-order valence-electron chi connectivity index (χ3n) is 4.25. The topological polar surface area (TPSA) is 17.1 Å². The molecular weight excluding hydrogens is 280 g/mol. The van der Waals surface area contributed by atoms with Crippen LogP contribution in [0.25, 0.3) is 0 Å². The maximum atomic E-state index is 12.5. The van der Waals surface area contributed by atoms with E-state index in [9.17, 15) is 4.79 Å². The molecule has 0 fully saturated rings. The highest BCUT2D eigenvalue weighted by Crippen LogP contribution is 2.22. The zero-order valence-electron chi connectivity index (χ0n) is 13.8. The predicted molar refractivity (Wildman–Crippen MR) is 92.4 cm³/mol. The monoisotopic (exact) mass is 308 g/mol. The average molecular weight is 309 g/mol. The zero-order valence-corrected chi connectivity index (χ0v) is 14.6. The van der Waals surface area contributed by atoms with E-state index in [1.807, 2.05) is 13.0 Å². The van der Waals surface area contributed by atoms with Crippen LogP contribution in [-0.4, -0.2) is 5.78 Å². The van der Waals surface area contributed by atoms with Gasteiger partial charge in [0.15, 0.2) is 5.78 Å². The van der Waals surface area contributed by atoms with Gasteiger partial charge in [-0.25, -0.2) is 0 Å². The average Bonchev–Trinajstić information content (AvgIpc) is 2.48. The van der Waals surface area contributed by atoms with Crippen LogP contribution in [0.2, 0.25) is 0 Å². The lowest BCUT2D eigenvalue weighted by molar-refractivity contribution is 0.0977. The quantitative estimate of drug-likeness (QED) is 0.279. The van der Waals surface area contributed by atoms with Gasteiger partial charge in [-0.1, -0.05) is 57.6 Å². The fraction of sp³-hybridized carbons (Fsp3) is 0.632. The molecule has 0 unspecified atom stereocenters. The second-order valence-corrected chi connectivity index (χ2v) is 6.24. The number of hydrogen-bond acceptors (Lipinski definition) is 1. The van der Waals surface area contributed by atoms with Gasteiger partial charge in [-0.05, 0) is 37.0 Å². The van der Waals surface area contributed by atoms with Crippen LogP contribution in [0.5, 0.6) is 0 Å². The van der Waals surface area contributed by atoms with Crippen molar-refractivity contribution >= 4 is 17.4 Å². The number of rotatable bonds is 10. The minimum Gasteiger partial charge on any atom is -0.294 e. The van der Waals surface area contributed by atoms with Crippen molar-refractivity contribution in [3.05, 3.63) is 34.4 Å². The minimum atomic E-state index is 0.264. The smallest absolute Gasteiger partial charge is 0.163 e. The Hall–Kier alpha value is -0.820. The van der Waals surface area contributed by atoms with Gasteiger partial charge in [0.2, 0.25) is 0 Å². The number of unbranched alkanes of at least 4 members (excludes halogenated alkanes) is 6. The summed E-state index contributed by atoms with van der Waals surface area (Å²) in [5.41, 5.74) is 4.12. The first-order valence-electron chi connectivity index (χ1n) is 8.30. The SMILES string of the molecule is CCCCCCCCCC(=O)c1c(CCl)ccc(C)c1C. The summed E-state index contributed by atoms with van der Waals surface area (Å²) < 4.78 is 0. The fourth-order valence-corrected chi connectivity index (χ4v) is 2.96. The van der Waals surface area contributed by atoms with E-state index >= 15 is 0 Å². The first kappa shape index (κ1) is 18.2. The van der Waals surface area contributed by atoms with E-state index in [-0.39, 0.29) is 5.78 Å². The first-order chi connectivity index (χ1) is 10.1. The Bertz CT molecular complexity index is 451. The molecule has 0 aliphatic rings. The number of benzene rings is 1. The Kier molecular flexibility index (Phi) is 8.68. The fourth-order valence-electron chi connectivity index (χ4n) is 2.74. The zero-order chi connectivity index (χ0) is 15.7. The predicted octanol–water partition coefficient (Wildman–Crippen LogP) is 6.37. The van der Waals surface area contributed by atoms with Crippen LogP contribution >= 0.6 is 11.6 Å².